The standard InChI is InChI=1S/C15H14F3NO2/c16-15(17,18)12-4-2-1-3-11(12)9-19-8-10-5-6-13(20)14(21)7-10/h1-7,19-21H,8-9H2. The molecule has 2 aromatic rings. The van der Waals surface area contributed by atoms with Crippen molar-refractivity contribution in [3.8, 4) is 11.5 Å². The Morgan fingerprint density at radius 3 is 2.29 bits per heavy atom. The van der Waals surface area contributed by atoms with Crippen molar-refractivity contribution in [2.75, 3.05) is 0 Å². The fraction of sp³-hybridized carbons (Fsp3) is 0.200. The highest BCUT2D eigenvalue weighted by molar-refractivity contribution is 5.40. The monoisotopic (exact) mass is 297 g/mol. The van der Waals surface area contributed by atoms with Crippen molar-refractivity contribution in [3.63, 3.8) is 0 Å². The molecule has 0 spiro atoms. The lowest BCUT2D eigenvalue weighted by Gasteiger charge is -2.13. The Bertz CT molecular complexity index is 627. The van der Waals surface area contributed by atoms with Gasteiger partial charge in [0, 0.05) is 13.1 Å². The third-order valence-electron chi connectivity index (χ3n) is 3.01. The summed E-state index contributed by atoms with van der Waals surface area (Å²) in [5, 5.41) is 21.4. The molecule has 3 N–H and O–H groups in total. The minimum atomic E-state index is -4.38. The molecule has 0 aliphatic heterocycles. The van der Waals surface area contributed by atoms with Gasteiger partial charge in [-0.3, -0.25) is 0 Å². The molecule has 0 saturated carbocycles. The van der Waals surface area contributed by atoms with Gasteiger partial charge in [0.1, 0.15) is 0 Å². The maximum Gasteiger partial charge on any atom is 0.416 e. The van der Waals surface area contributed by atoms with Crippen LogP contribution in [0.3, 0.4) is 0 Å². The number of phenols is 2. The van der Waals surface area contributed by atoms with E-state index in [4.69, 9.17) is 0 Å². The van der Waals surface area contributed by atoms with E-state index in [0.717, 1.165) is 6.07 Å². The molecule has 0 aliphatic rings. The van der Waals surface area contributed by atoms with Crippen molar-refractivity contribution >= 4 is 0 Å². The number of hydrogen-bond acceptors (Lipinski definition) is 3. The SMILES string of the molecule is Oc1ccc(CNCc2ccccc2C(F)(F)F)cc1O. The van der Waals surface area contributed by atoms with Gasteiger partial charge in [-0.25, -0.2) is 0 Å². The van der Waals surface area contributed by atoms with E-state index in [1.54, 1.807) is 12.1 Å². The molecule has 0 aromatic heterocycles. The van der Waals surface area contributed by atoms with Crippen LogP contribution >= 0.6 is 0 Å². The van der Waals surface area contributed by atoms with E-state index in [1.807, 2.05) is 0 Å². The summed E-state index contributed by atoms with van der Waals surface area (Å²) in [6.07, 6.45) is -4.38. The van der Waals surface area contributed by atoms with Crippen LogP contribution in [0.15, 0.2) is 42.5 Å². The van der Waals surface area contributed by atoms with E-state index in [0.29, 0.717) is 5.56 Å². The van der Waals surface area contributed by atoms with Crippen LogP contribution in [0.2, 0.25) is 0 Å². The Balaban J connectivity index is 2.02. The highest BCUT2D eigenvalue weighted by Gasteiger charge is 2.32. The molecule has 0 aliphatic carbocycles. The van der Waals surface area contributed by atoms with E-state index >= 15 is 0 Å². The summed E-state index contributed by atoms with van der Waals surface area (Å²) in [7, 11) is 0. The van der Waals surface area contributed by atoms with E-state index in [9.17, 15) is 23.4 Å². The first-order chi connectivity index (χ1) is 9.88. The smallest absolute Gasteiger partial charge is 0.416 e. The van der Waals surface area contributed by atoms with Gasteiger partial charge in [-0.05, 0) is 29.3 Å². The number of alkyl halides is 3. The van der Waals surface area contributed by atoms with Crippen LogP contribution in [0.4, 0.5) is 13.2 Å². The van der Waals surface area contributed by atoms with E-state index in [-0.39, 0.29) is 30.2 Å². The molecule has 0 saturated heterocycles. The first-order valence-electron chi connectivity index (χ1n) is 6.24. The number of benzene rings is 2. The van der Waals surface area contributed by atoms with E-state index in [1.165, 1.54) is 24.3 Å². The largest absolute Gasteiger partial charge is 0.504 e. The minimum Gasteiger partial charge on any atom is -0.504 e. The molecule has 112 valence electrons. The van der Waals surface area contributed by atoms with Crippen LogP contribution in [-0.4, -0.2) is 10.2 Å². The quantitative estimate of drug-likeness (QED) is 0.758. The summed E-state index contributed by atoms with van der Waals surface area (Å²) in [6.45, 7) is 0.331. The molecule has 2 aromatic carbocycles. The first-order valence-corrected chi connectivity index (χ1v) is 6.24. The highest BCUT2D eigenvalue weighted by atomic mass is 19.4. The number of nitrogens with one attached hydrogen (secondary N) is 1. The summed E-state index contributed by atoms with van der Waals surface area (Å²) >= 11 is 0. The van der Waals surface area contributed by atoms with Gasteiger partial charge in [-0.1, -0.05) is 24.3 Å². The van der Waals surface area contributed by atoms with Gasteiger partial charge in [-0.15, -0.1) is 0 Å². The van der Waals surface area contributed by atoms with Gasteiger partial charge in [0.15, 0.2) is 11.5 Å². The van der Waals surface area contributed by atoms with Crippen LogP contribution in [0.1, 0.15) is 16.7 Å². The lowest BCUT2D eigenvalue weighted by molar-refractivity contribution is -0.138. The Labute approximate surface area is 119 Å². The van der Waals surface area contributed by atoms with Crippen molar-refractivity contribution in [2.45, 2.75) is 19.3 Å². The van der Waals surface area contributed by atoms with Gasteiger partial charge in [0.2, 0.25) is 0 Å². The van der Waals surface area contributed by atoms with Gasteiger partial charge in [0.25, 0.3) is 0 Å². The maximum atomic E-state index is 12.8. The van der Waals surface area contributed by atoms with E-state index in [2.05, 4.69) is 5.32 Å². The highest BCUT2D eigenvalue weighted by Crippen LogP contribution is 2.31. The molecule has 3 nitrogen and oxygen atoms in total. The lowest BCUT2D eigenvalue weighted by atomic mass is 10.1. The third kappa shape index (κ3) is 3.88. The molecular weight excluding hydrogens is 283 g/mol. The molecule has 0 atom stereocenters. The second-order valence-electron chi connectivity index (χ2n) is 4.58. The topological polar surface area (TPSA) is 52.5 Å². The molecule has 0 bridgehead atoms. The van der Waals surface area contributed by atoms with Crippen LogP contribution in [0.5, 0.6) is 11.5 Å². The fourth-order valence-corrected chi connectivity index (χ4v) is 1.97. The van der Waals surface area contributed by atoms with E-state index < -0.39 is 11.7 Å². The Kier molecular flexibility index (Phi) is 4.37. The van der Waals surface area contributed by atoms with Crippen LogP contribution in [0, 0.1) is 0 Å². The predicted molar refractivity (Wildman–Crippen MR) is 71.8 cm³/mol. The first kappa shape index (κ1) is 15.2. The normalized spacial score (nSPS) is 11.6. The van der Waals surface area contributed by atoms with Gasteiger partial charge >= 0.3 is 6.18 Å². The van der Waals surface area contributed by atoms with Crippen LogP contribution in [0.25, 0.3) is 0 Å². The second-order valence-corrected chi connectivity index (χ2v) is 4.58. The molecular formula is C15H14F3NO2. The predicted octanol–water partition coefficient (Wildman–Crippen LogP) is 3.41. The average Bonchev–Trinajstić information content (AvgIpc) is 2.42. The molecule has 0 unspecified atom stereocenters. The zero-order valence-electron chi connectivity index (χ0n) is 11.0. The summed E-state index contributed by atoms with van der Waals surface area (Å²) in [5.74, 6) is -0.494. The summed E-state index contributed by atoms with van der Waals surface area (Å²) in [6, 6.07) is 9.64. The number of aromatic hydroxyl groups is 2. The lowest BCUT2D eigenvalue weighted by Crippen LogP contribution is -2.17. The van der Waals surface area contributed by atoms with Crippen LogP contribution < -0.4 is 5.32 Å². The maximum absolute atomic E-state index is 12.8. The number of hydrogen-bond donors (Lipinski definition) is 3. The third-order valence-corrected chi connectivity index (χ3v) is 3.01. The molecule has 21 heavy (non-hydrogen) atoms. The molecule has 0 amide bonds. The average molecular weight is 297 g/mol. The zero-order chi connectivity index (χ0) is 15.5. The second kappa shape index (κ2) is 6.05. The number of phenolic OH excluding ortho intramolecular Hbond substituents is 2. The Morgan fingerprint density at radius 2 is 1.62 bits per heavy atom. The summed E-state index contributed by atoms with van der Waals surface area (Å²) in [4.78, 5) is 0. The molecule has 0 radical (unpaired) electrons. The van der Waals surface area contributed by atoms with Crippen molar-refractivity contribution in [2.24, 2.45) is 0 Å². The molecule has 6 heteroatoms. The Hall–Kier alpha value is -2.21. The van der Waals surface area contributed by atoms with Crippen LogP contribution in [-0.2, 0) is 19.3 Å². The van der Waals surface area contributed by atoms with Crippen molar-refractivity contribution in [1.82, 2.24) is 5.32 Å². The number of halogens is 3. The summed E-state index contributed by atoms with van der Waals surface area (Å²) in [5.41, 5.74) is 0.161. The Morgan fingerprint density at radius 1 is 0.905 bits per heavy atom. The van der Waals surface area contributed by atoms with Crippen molar-refractivity contribution < 1.29 is 23.4 Å². The zero-order valence-corrected chi connectivity index (χ0v) is 11.0. The minimum absolute atomic E-state index is 0.0529. The van der Waals surface area contributed by atoms with Crippen molar-refractivity contribution in [1.29, 1.82) is 0 Å². The molecule has 0 fully saturated rings. The fourth-order valence-electron chi connectivity index (χ4n) is 1.97. The molecule has 0 heterocycles. The van der Waals surface area contributed by atoms with Gasteiger partial charge in [-0.2, -0.15) is 13.2 Å². The van der Waals surface area contributed by atoms with Gasteiger partial charge in [0.05, 0.1) is 5.56 Å². The molecule has 2 rings (SSSR count). The summed E-state index contributed by atoms with van der Waals surface area (Å²) < 4.78 is 38.4. The number of rotatable bonds is 4. The van der Waals surface area contributed by atoms with Gasteiger partial charge < -0.3 is 15.5 Å². The van der Waals surface area contributed by atoms with Crippen molar-refractivity contribution in [3.05, 3.63) is 59.2 Å².